The zero-order valence-corrected chi connectivity index (χ0v) is 16.6. The van der Waals surface area contributed by atoms with Crippen LogP contribution in [-0.4, -0.2) is 36.9 Å². The van der Waals surface area contributed by atoms with Gasteiger partial charge in [0, 0.05) is 18.0 Å². The van der Waals surface area contributed by atoms with Crippen molar-refractivity contribution >= 4 is 29.3 Å². The number of aromatic nitrogens is 4. The molecular formula is C21H21BFN5O2. The van der Waals surface area contributed by atoms with E-state index in [0.717, 1.165) is 11.3 Å². The van der Waals surface area contributed by atoms with Crippen molar-refractivity contribution in [1.29, 1.82) is 0 Å². The molecule has 2 aromatic carbocycles. The molecule has 4 rings (SSSR count). The van der Waals surface area contributed by atoms with Crippen molar-refractivity contribution in [3.05, 3.63) is 71.8 Å². The summed E-state index contributed by atoms with van der Waals surface area (Å²) in [6.45, 7) is 4.47. The van der Waals surface area contributed by atoms with Crippen LogP contribution in [0.1, 0.15) is 31.0 Å². The predicted octanol–water partition coefficient (Wildman–Crippen LogP) is 2.37. The van der Waals surface area contributed by atoms with Crippen LogP contribution < -0.4 is 10.8 Å². The first-order valence-corrected chi connectivity index (χ1v) is 9.63. The van der Waals surface area contributed by atoms with Crippen LogP contribution in [0, 0.1) is 5.82 Å². The number of halogens is 1. The summed E-state index contributed by atoms with van der Waals surface area (Å²) in [7, 11) is -1.60. The number of hydrogen-bond donors (Lipinski definition) is 3. The molecule has 0 aliphatic carbocycles. The number of hydrogen-bond acceptors (Lipinski definition) is 6. The molecule has 0 bridgehead atoms. The highest BCUT2D eigenvalue weighted by Gasteiger charge is 2.19. The van der Waals surface area contributed by atoms with Gasteiger partial charge < -0.3 is 15.4 Å². The van der Waals surface area contributed by atoms with Crippen LogP contribution >= 0.6 is 0 Å². The van der Waals surface area contributed by atoms with E-state index in [1.54, 1.807) is 29.1 Å². The van der Waals surface area contributed by atoms with E-state index in [9.17, 15) is 14.4 Å². The van der Waals surface area contributed by atoms with Gasteiger partial charge in [-0.05, 0) is 35.1 Å². The lowest BCUT2D eigenvalue weighted by Gasteiger charge is -2.12. The third-order valence-corrected chi connectivity index (χ3v) is 4.80. The lowest BCUT2D eigenvalue weighted by atomic mass is 9.78. The maximum atomic E-state index is 13.4. The minimum Gasteiger partial charge on any atom is -0.423 e. The Morgan fingerprint density at radius 2 is 1.90 bits per heavy atom. The summed E-state index contributed by atoms with van der Waals surface area (Å²) in [6.07, 6.45) is 1.56. The molecule has 2 heterocycles. The fourth-order valence-corrected chi connectivity index (χ4v) is 3.23. The van der Waals surface area contributed by atoms with E-state index in [2.05, 4.69) is 20.4 Å². The standard InChI is InChI=1S/C21H21BFN5O2/c1-13(2)18-10-20(24-11-14-5-3-6-15(23)9-14)27-21(26-18)28-19-8-4-7-17(22(29)30)16(19)12-25-28/h3-10,12-13,29-30H,11H2,1-2H3,(H,24,26,27). The molecule has 4 aromatic rings. The summed E-state index contributed by atoms with van der Waals surface area (Å²) in [5.74, 6) is 0.820. The van der Waals surface area contributed by atoms with Crippen molar-refractivity contribution < 1.29 is 14.4 Å². The molecule has 3 N–H and O–H groups in total. The van der Waals surface area contributed by atoms with Crippen molar-refractivity contribution in [3.63, 3.8) is 0 Å². The Balaban J connectivity index is 1.73. The van der Waals surface area contributed by atoms with E-state index in [1.807, 2.05) is 32.0 Å². The van der Waals surface area contributed by atoms with Crippen molar-refractivity contribution in [2.75, 3.05) is 5.32 Å². The first-order valence-electron chi connectivity index (χ1n) is 9.63. The van der Waals surface area contributed by atoms with Crippen LogP contribution in [0.5, 0.6) is 0 Å². The number of rotatable bonds is 6. The lowest BCUT2D eigenvalue weighted by molar-refractivity contribution is 0.426. The minimum atomic E-state index is -1.60. The van der Waals surface area contributed by atoms with Gasteiger partial charge in [0.25, 0.3) is 5.95 Å². The van der Waals surface area contributed by atoms with Gasteiger partial charge >= 0.3 is 7.12 Å². The van der Waals surface area contributed by atoms with Crippen LogP contribution in [0.4, 0.5) is 10.2 Å². The third-order valence-electron chi connectivity index (χ3n) is 4.80. The average molecular weight is 405 g/mol. The van der Waals surface area contributed by atoms with Gasteiger partial charge in [-0.3, -0.25) is 0 Å². The van der Waals surface area contributed by atoms with Crippen LogP contribution in [0.25, 0.3) is 16.9 Å². The number of benzene rings is 2. The molecule has 0 unspecified atom stereocenters. The van der Waals surface area contributed by atoms with E-state index in [1.165, 1.54) is 12.1 Å². The number of nitrogens with one attached hydrogen (secondary N) is 1. The van der Waals surface area contributed by atoms with Gasteiger partial charge in [0.05, 0.1) is 17.4 Å². The van der Waals surface area contributed by atoms with Gasteiger partial charge in [-0.15, -0.1) is 0 Å². The van der Waals surface area contributed by atoms with Crippen LogP contribution in [0.3, 0.4) is 0 Å². The van der Waals surface area contributed by atoms with Gasteiger partial charge in [0.2, 0.25) is 0 Å². The SMILES string of the molecule is CC(C)c1cc(NCc2cccc(F)c2)nc(-n2ncc3c(B(O)O)cccc32)n1. The Hall–Kier alpha value is -3.30. The molecule has 0 saturated heterocycles. The Kier molecular flexibility index (Phi) is 5.47. The molecule has 0 fully saturated rings. The summed E-state index contributed by atoms with van der Waals surface area (Å²) >= 11 is 0. The molecular weight excluding hydrogens is 384 g/mol. The molecule has 0 atom stereocenters. The molecule has 7 nitrogen and oxygen atoms in total. The largest absolute Gasteiger partial charge is 0.489 e. The zero-order chi connectivity index (χ0) is 21.3. The summed E-state index contributed by atoms with van der Waals surface area (Å²) in [5, 5.41) is 27.4. The lowest BCUT2D eigenvalue weighted by Crippen LogP contribution is -2.30. The molecule has 9 heteroatoms. The number of nitrogens with zero attached hydrogens (tertiary/aromatic N) is 4. The van der Waals surface area contributed by atoms with Gasteiger partial charge in [0.15, 0.2) is 0 Å². The van der Waals surface area contributed by atoms with E-state index in [4.69, 9.17) is 0 Å². The van der Waals surface area contributed by atoms with Gasteiger partial charge in [0.1, 0.15) is 11.6 Å². The summed E-state index contributed by atoms with van der Waals surface area (Å²) in [6, 6.07) is 13.4. The zero-order valence-electron chi connectivity index (χ0n) is 16.6. The Bertz CT molecular complexity index is 1200. The quantitative estimate of drug-likeness (QED) is 0.427. The smallest absolute Gasteiger partial charge is 0.423 e. The molecule has 0 aliphatic rings. The first-order chi connectivity index (χ1) is 14.4. The van der Waals surface area contributed by atoms with Crippen LogP contribution in [-0.2, 0) is 6.54 Å². The fourth-order valence-electron chi connectivity index (χ4n) is 3.23. The van der Waals surface area contributed by atoms with Crippen LogP contribution in [0.2, 0.25) is 0 Å². The minimum absolute atomic E-state index is 0.151. The highest BCUT2D eigenvalue weighted by Crippen LogP contribution is 2.21. The second-order valence-corrected chi connectivity index (χ2v) is 7.33. The van der Waals surface area contributed by atoms with Crippen molar-refractivity contribution in [2.45, 2.75) is 26.3 Å². The molecule has 2 aromatic heterocycles. The average Bonchev–Trinajstić information content (AvgIpc) is 3.16. The van der Waals surface area contributed by atoms with Gasteiger partial charge in [-0.1, -0.05) is 38.1 Å². The summed E-state index contributed by atoms with van der Waals surface area (Å²) in [5.41, 5.74) is 2.65. The van der Waals surface area contributed by atoms with Gasteiger partial charge in [-0.2, -0.15) is 14.8 Å². The topological polar surface area (TPSA) is 96.1 Å². The molecule has 0 radical (unpaired) electrons. The molecule has 30 heavy (non-hydrogen) atoms. The Morgan fingerprint density at radius 1 is 1.10 bits per heavy atom. The van der Waals surface area contributed by atoms with E-state index >= 15 is 0 Å². The van der Waals surface area contributed by atoms with Gasteiger partial charge in [-0.25, -0.2) is 9.37 Å². The molecule has 0 amide bonds. The second kappa shape index (κ2) is 8.21. The second-order valence-electron chi connectivity index (χ2n) is 7.33. The number of anilines is 1. The van der Waals surface area contributed by atoms with Crippen molar-refractivity contribution in [3.8, 4) is 5.95 Å². The Morgan fingerprint density at radius 3 is 2.63 bits per heavy atom. The molecule has 0 aliphatic heterocycles. The predicted molar refractivity (Wildman–Crippen MR) is 114 cm³/mol. The Labute approximate surface area is 173 Å². The van der Waals surface area contributed by atoms with Crippen molar-refractivity contribution in [1.82, 2.24) is 19.7 Å². The highest BCUT2D eigenvalue weighted by atomic mass is 19.1. The molecule has 0 saturated carbocycles. The third kappa shape index (κ3) is 4.03. The van der Waals surface area contributed by atoms with E-state index in [-0.39, 0.29) is 11.7 Å². The normalized spacial score (nSPS) is 11.3. The van der Waals surface area contributed by atoms with E-state index in [0.29, 0.717) is 34.7 Å². The fraction of sp³-hybridized carbons (Fsp3) is 0.190. The van der Waals surface area contributed by atoms with E-state index < -0.39 is 7.12 Å². The monoisotopic (exact) mass is 405 g/mol. The highest BCUT2D eigenvalue weighted by molar-refractivity contribution is 6.61. The molecule has 152 valence electrons. The summed E-state index contributed by atoms with van der Waals surface area (Å²) in [4.78, 5) is 9.21. The maximum absolute atomic E-state index is 13.4. The first kappa shape index (κ1) is 20.0. The van der Waals surface area contributed by atoms with Crippen molar-refractivity contribution in [2.24, 2.45) is 0 Å². The number of fused-ring (bicyclic) bond motifs is 1. The summed E-state index contributed by atoms with van der Waals surface area (Å²) < 4.78 is 15.0. The van der Waals surface area contributed by atoms with Crippen LogP contribution in [0.15, 0.2) is 54.7 Å². The molecule has 0 spiro atoms. The maximum Gasteiger partial charge on any atom is 0.489 e.